The van der Waals surface area contributed by atoms with Gasteiger partial charge in [0.25, 0.3) is 5.91 Å². The number of ether oxygens (including phenoxy) is 1. The van der Waals surface area contributed by atoms with Gasteiger partial charge in [-0.15, -0.1) is 0 Å². The van der Waals surface area contributed by atoms with E-state index in [9.17, 15) is 9.59 Å². The molecule has 0 spiro atoms. The summed E-state index contributed by atoms with van der Waals surface area (Å²) in [5, 5.41) is 8.62. The molecule has 0 aliphatic rings. The number of rotatable bonds is 5. The minimum Gasteiger partial charge on any atom is -0.494 e. The van der Waals surface area contributed by atoms with E-state index >= 15 is 0 Å². The molecule has 3 N–H and O–H groups in total. The van der Waals surface area contributed by atoms with Crippen molar-refractivity contribution >= 4 is 40.5 Å². The van der Waals surface area contributed by atoms with Crippen molar-refractivity contribution in [3.63, 3.8) is 0 Å². The Morgan fingerprint density at radius 2 is 1.63 bits per heavy atom. The highest BCUT2D eigenvalue weighted by molar-refractivity contribution is 7.80. The molecule has 0 atom stereocenters. The van der Waals surface area contributed by atoms with Crippen LogP contribution in [0, 0.1) is 5.92 Å². The van der Waals surface area contributed by atoms with Crippen LogP contribution in [0.1, 0.15) is 50.5 Å². The fourth-order valence-electron chi connectivity index (χ4n) is 2.61. The van der Waals surface area contributed by atoms with E-state index in [1.54, 1.807) is 30.3 Å². The van der Waals surface area contributed by atoms with Crippen LogP contribution in [-0.2, 0) is 10.2 Å². The van der Waals surface area contributed by atoms with Gasteiger partial charge in [0, 0.05) is 23.2 Å². The van der Waals surface area contributed by atoms with E-state index in [-0.39, 0.29) is 28.3 Å². The summed E-state index contributed by atoms with van der Waals surface area (Å²) in [5.74, 6) is -0.0522. The van der Waals surface area contributed by atoms with E-state index in [0.717, 1.165) is 5.56 Å². The van der Waals surface area contributed by atoms with Crippen LogP contribution in [0.4, 0.5) is 11.4 Å². The molecule has 0 aliphatic heterocycles. The molecule has 7 heteroatoms. The van der Waals surface area contributed by atoms with Crippen molar-refractivity contribution < 1.29 is 14.3 Å². The summed E-state index contributed by atoms with van der Waals surface area (Å²) in [6, 6.07) is 12.6. The van der Waals surface area contributed by atoms with Gasteiger partial charge >= 0.3 is 0 Å². The summed E-state index contributed by atoms with van der Waals surface area (Å²) in [7, 11) is 1.52. The zero-order valence-electron chi connectivity index (χ0n) is 18.3. The summed E-state index contributed by atoms with van der Waals surface area (Å²) in [6.07, 6.45) is 0. The molecule has 0 bridgehead atoms. The highest BCUT2D eigenvalue weighted by Crippen LogP contribution is 2.28. The minimum atomic E-state index is -0.291. The van der Waals surface area contributed by atoms with Crippen LogP contribution >= 0.6 is 12.2 Å². The SMILES string of the molecule is COc1cc(NC(=S)NC(=O)c2ccc(C(C)(C)C)cc2)ccc1NC(=O)C(C)C. The predicted octanol–water partition coefficient (Wildman–Crippen LogP) is 4.71. The number of methoxy groups -OCH3 is 1. The number of anilines is 2. The van der Waals surface area contributed by atoms with Gasteiger partial charge < -0.3 is 15.4 Å². The standard InChI is InChI=1S/C23H29N3O3S/c1-14(2)20(27)25-18-12-11-17(13-19(18)29-6)24-22(30)26-21(28)15-7-9-16(10-8-15)23(3,4)5/h7-14H,1-6H3,(H,25,27)(H2,24,26,28,30). The van der Waals surface area contributed by atoms with Crippen molar-refractivity contribution in [3.8, 4) is 5.75 Å². The number of carbonyl (C=O) groups excluding carboxylic acids is 2. The second-order valence-corrected chi connectivity index (χ2v) is 8.70. The first kappa shape index (κ1) is 23.3. The molecular formula is C23H29N3O3S. The predicted molar refractivity (Wildman–Crippen MR) is 125 cm³/mol. The third-order valence-corrected chi connectivity index (χ3v) is 4.69. The monoisotopic (exact) mass is 427 g/mol. The average molecular weight is 428 g/mol. The van der Waals surface area contributed by atoms with Crippen molar-refractivity contribution in [2.45, 2.75) is 40.0 Å². The Balaban J connectivity index is 2.03. The third-order valence-electron chi connectivity index (χ3n) is 4.48. The fraction of sp³-hybridized carbons (Fsp3) is 0.348. The molecule has 0 heterocycles. The van der Waals surface area contributed by atoms with E-state index < -0.39 is 0 Å². The zero-order valence-corrected chi connectivity index (χ0v) is 19.1. The Labute approximate surface area is 183 Å². The van der Waals surface area contributed by atoms with Crippen LogP contribution < -0.4 is 20.7 Å². The van der Waals surface area contributed by atoms with Gasteiger partial charge in [-0.2, -0.15) is 0 Å². The Morgan fingerprint density at radius 1 is 1.00 bits per heavy atom. The highest BCUT2D eigenvalue weighted by atomic mass is 32.1. The molecular weight excluding hydrogens is 398 g/mol. The zero-order chi connectivity index (χ0) is 22.5. The van der Waals surface area contributed by atoms with Crippen LogP contribution in [0.2, 0.25) is 0 Å². The molecule has 0 aliphatic carbocycles. The number of hydrogen-bond donors (Lipinski definition) is 3. The number of carbonyl (C=O) groups is 2. The second kappa shape index (κ2) is 9.71. The normalized spacial score (nSPS) is 11.0. The van der Waals surface area contributed by atoms with Gasteiger partial charge in [-0.05, 0) is 47.5 Å². The van der Waals surface area contributed by atoms with E-state index in [4.69, 9.17) is 17.0 Å². The lowest BCUT2D eigenvalue weighted by atomic mass is 9.87. The molecule has 2 aromatic carbocycles. The van der Waals surface area contributed by atoms with Crippen LogP contribution in [0.5, 0.6) is 5.75 Å². The van der Waals surface area contributed by atoms with Crippen LogP contribution in [0.3, 0.4) is 0 Å². The number of thiocarbonyl (C=S) groups is 1. The Bertz CT molecular complexity index is 932. The van der Waals surface area contributed by atoms with Gasteiger partial charge in [0.2, 0.25) is 5.91 Å². The van der Waals surface area contributed by atoms with Gasteiger partial charge in [0.15, 0.2) is 5.11 Å². The summed E-state index contributed by atoms with van der Waals surface area (Å²) < 4.78 is 5.35. The minimum absolute atomic E-state index is 0.0196. The molecule has 0 radical (unpaired) electrons. The van der Waals surface area contributed by atoms with Crippen molar-refractivity contribution in [1.29, 1.82) is 0 Å². The van der Waals surface area contributed by atoms with Crippen LogP contribution in [0.15, 0.2) is 42.5 Å². The molecule has 0 aromatic heterocycles. The van der Waals surface area contributed by atoms with Crippen molar-refractivity contribution in [3.05, 3.63) is 53.6 Å². The number of benzene rings is 2. The van der Waals surface area contributed by atoms with E-state index in [1.165, 1.54) is 7.11 Å². The summed E-state index contributed by atoms with van der Waals surface area (Å²) in [4.78, 5) is 24.4. The second-order valence-electron chi connectivity index (χ2n) is 8.29. The Kier molecular flexibility index (Phi) is 7.56. The molecule has 6 nitrogen and oxygen atoms in total. The van der Waals surface area contributed by atoms with Crippen LogP contribution in [0.25, 0.3) is 0 Å². The third kappa shape index (κ3) is 6.29. The summed E-state index contributed by atoms with van der Waals surface area (Å²) in [6.45, 7) is 9.99. The molecule has 0 unspecified atom stereocenters. The largest absolute Gasteiger partial charge is 0.494 e. The molecule has 30 heavy (non-hydrogen) atoms. The van der Waals surface area contributed by atoms with Crippen molar-refractivity contribution in [1.82, 2.24) is 5.32 Å². The topological polar surface area (TPSA) is 79.5 Å². The quantitative estimate of drug-likeness (QED) is 0.602. The average Bonchev–Trinajstić information content (AvgIpc) is 2.68. The van der Waals surface area contributed by atoms with Crippen molar-refractivity contribution in [2.75, 3.05) is 17.7 Å². The van der Waals surface area contributed by atoms with Gasteiger partial charge in [0.05, 0.1) is 12.8 Å². The van der Waals surface area contributed by atoms with E-state index in [2.05, 4.69) is 36.7 Å². The molecule has 2 aromatic rings. The summed E-state index contributed by atoms with van der Waals surface area (Å²) in [5.41, 5.74) is 2.89. The lowest BCUT2D eigenvalue weighted by Crippen LogP contribution is -2.34. The maximum Gasteiger partial charge on any atom is 0.257 e. The Hall–Kier alpha value is -2.93. The van der Waals surface area contributed by atoms with E-state index in [0.29, 0.717) is 22.7 Å². The number of hydrogen-bond acceptors (Lipinski definition) is 4. The first-order valence-electron chi connectivity index (χ1n) is 9.73. The van der Waals surface area contributed by atoms with Gasteiger partial charge in [-0.3, -0.25) is 14.9 Å². The smallest absolute Gasteiger partial charge is 0.257 e. The summed E-state index contributed by atoms with van der Waals surface area (Å²) >= 11 is 5.26. The van der Waals surface area contributed by atoms with Crippen LogP contribution in [-0.4, -0.2) is 24.0 Å². The first-order valence-corrected chi connectivity index (χ1v) is 10.1. The first-order chi connectivity index (χ1) is 14.0. The van der Waals surface area contributed by atoms with Gasteiger partial charge in [-0.1, -0.05) is 46.8 Å². The molecule has 160 valence electrons. The van der Waals surface area contributed by atoms with Gasteiger partial charge in [-0.25, -0.2) is 0 Å². The number of nitrogens with one attached hydrogen (secondary N) is 3. The molecule has 0 fully saturated rings. The maximum atomic E-state index is 12.5. The molecule has 2 amide bonds. The lowest BCUT2D eigenvalue weighted by Gasteiger charge is -2.19. The highest BCUT2D eigenvalue weighted by Gasteiger charge is 2.15. The Morgan fingerprint density at radius 3 is 2.17 bits per heavy atom. The maximum absolute atomic E-state index is 12.5. The van der Waals surface area contributed by atoms with E-state index in [1.807, 2.05) is 26.0 Å². The van der Waals surface area contributed by atoms with Gasteiger partial charge in [0.1, 0.15) is 5.75 Å². The fourth-order valence-corrected chi connectivity index (χ4v) is 2.82. The van der Waals surface area contributed by atoms with Crippen molar-refractivity contribution in [2.24, 2.45) is 5.92 Å². The number of amides is 2. The lowest BCUT2D eigenvalue weighted by molar-refractivity contribution is -0.118. The molecule has 0 saturated heterocycles. The molecule has 0 saturated carbocycles. The molecule has 2 rings (SSSR count).